The first kappa shape index (κ1) is 13.2. The lowest BCUT2D eigenvalue weighted by atomic mass is 9.83. The van der Waals surface area contributed by atoms with E-state index in [1.54, 1.807) is 0 Å². The number of rotatable bonds is 3. The molecular formula is C16H27N3. The number of nitrogens with one attached hydrogen (secondary N) is 1. The first-order chi connectivity index (χ1) is 9.28. The largest absolute Gasteiger partial charge is 0.331 e. The Hall–Kier alpha value is -0.830. The van der Waals surface area contributed by atoms with E-state index in [-0.39, 0.29) is 0 Å². The number of hydrogen-bond donors (Lipinski definition) is 1. The summed E-state index contributed by atoms with van der Waals surface area (Å²) >= 11 is 0. The van der Waals surface area contributed by atoms with Gasteiger partial charge >= 0.3 is 0 Å². The van der Waals surface area contributed by atoms with Crippen LogP contribution in [0.3, 0.4) is 0 Å². The molecule has 1 aliphatic carbocycles. The quantitative estimate of drug-likeness (QED) is 0.906. The molecule has 0 radical (unpaired) electrons. The average molecular weight is 261 g/mol. The van der Waals surface area contributed by atoms with Gasteiger partial charge in [0.25, 0.3) is 0 Å². The van der Waals surface area contributed by atoms with Gasteiger partial charge in [-0.25, -0.2) is 4.98 Å². The zero-order valence-electron chi connectivity index (χ0n) is 12.4. The van der Waals surface area contributed by atoms with Crippen molar-refractivity contribution in [2.24, 2.45) is 11.8 Å². The summed E-state index contributed by atoms with van der Waals surface area (Å²) in [6.07, 6.45) is 7.89. The molecule has 2 heterocycles. The van der Waals surface area contributed by atoms with Crippen LogP contribution in [0, 0.1) is 11.8 Å². The highest BCUT2D eigenvalue weighted by molar-refractivity contribution is 5.20. The minimum absolute atomic E-state index is 0.884. The third kappa shape index (κ3) is 2.71. The standard InChI is InChI=1S/C16H27N3/c1-3-16-18-14-10-17-9-8-15(14)19(16)11-13-6-4-12(2)5-7-13/h12-13,17H,3-11H2,1-2H3. The molecule has 1 fully saturated rings. The van der Waals surface area contributed by atoms with Gasteiger partial charge < -0.3 is 9.88 Å². The Labute approximate surface area is 116 Å². The summed E-state index contributed by atoms with van der Waals surface area (Å²) in [5, 5.41) is 3.44. The molecule has 1 aliphatic heterocycles. The maximum Gasteiger partial charge on any atom is 0.108 e. The molecule has 1 aromatic rings. The number of fused-ring (bicyclic) bond motifs is 1. The third-order valence-electron chi connectivity index (χ3n) is 4.96. The molecule has 3 rings (SSSR count). The van der Waals surface area contributed by atoms with Crippen LogP contribution in [0.5, 0.6) is 0 Å². The summed E-state index contributed by atoms with van der Waals surface area (Å²) in [6.45, 7) is 7.94. The van der Waals surface area contributed by atoms with Crippen molar-refractivity contribution < 1.29 is 0 Å². The highest BCUT2D eigenvalue weighted by Gasteiger charge is 2.23. The third-order valence-corrected chi connectivity index (χ3v) is 4.96. The first-order valence-corrected chi connectivity index (χ1v) is 8.05. The van der Waals surface area contributed by atoms with Gasteiger partial charge in [0.2, 0.25) is 0 Å². The van der Waals surface area contributed by atoms with Gasteiger partial charge in [-0.05, 0) is 24.7 Å². The second kappa shape index (κ2) is 5.66. The second-order valence-corrected chi connectivity index (χ2v) is 6.44. The maximum absolute atomic E-state index is 4.85. The highest BCUT2D eigenvalue weighted by atomic mass is 15.1. The summed E-state index contributed by atoms with van der Waals surface area (Å²) in [5.41, 5.74) is 2.83. The van der Waals surface area contributed by atoms with Crippen LogP contribution in [0.4, 0.5) is 0 Å². The molecule has 1 aromatic heterocycles. The minimum atomic E-state index is 0.884. The molecule has 0 amide bonds. The Morgan fingerprint density at radius 2 is 2.05 bits per heavy atom. The van der Waals surface area contributed by atoms with Gasteiger partial charge in [-0.3, -0.25) is 0 Å². The van der Waals surface area contributed by atoms with E-state index < -0.39 is 0 Å². The highest BCUT2D eigenvalue weighted by Crippen LogP contribution is 2.30. The van der Waals surface area contributed by atoms with Gasteiger partial charge in [0.05, 0.1) is 5.69 Å². The van der Waals surface area contributed by atoms with Gasteiger partial charge in [-0.15, -0.1) is 0 Å². The van der Waals surface area contributed by atoms with Crippen LogP contribution < -0.4 is 5.32 Å². The Morgan fingerprint density at radius 3 is 2.79 bits per heavy atom. The van der Waals surface area contributed by atoms with Crippen molar-refractivity contribution >= 4 is 0 Å². The zero-order chi connectivity index (χ0) is 13.2. The normalized spacial score (nSPS) is 27.3. The molecule has 0 bridgehead atoms. The summed E-state index contributed by atoms with van der Waals surface area (Å²) in [5.74, 6) is 3.14. The number of nitrogens with zero attached hydrogens (tertiary/aromatic N) is 2. The Kier molecular flexibility index (Phi) is 3.92. The lowest BCUT2D eigenvalue weighted by Gasteiger charge is -2.28. The van der Waals surface area contributed by atoms with E-state index in [0.717, 1.165) is 37.8 Å². The number of imidazole rings is 1. The lowest BCUT2D eigenvalue weighted by Crippen LogP contribution is -2.26. The fraction of sp³-hybridized carbons (Fsp3) is 0.812. The van der Waals surface area contributed by atoms with Crippen LogP contribution >= 0.6 is 0 Å². The molecule has 0 spiro atoms. The fourth-order valence-electron chi connectivity index (χ4n) is 3.68. The van der Waals surface area contributed by atoms with E-state index in [1.807, 2.05) is 0 Å². The minimum Gasteiger partial charge on any atom is -0.331 e. The van der Waals surface area contributed by atoms with Crippen LogP contribution in [0.25, 0.3) is 0 Å². The summed E-state index contributed by atoms with van der Waals surface area (Å²) < 4.78 is 2.57. The van der Waals surface area contributed by atoms with E-state index in [9.17, 15) is 0 Å². The smallest absolute Gasteiger partial charge is 0.108 e. The topological polar surface area (TPSA) is 29.9 Å². The van der Waals surface area contributed by atoms with Gasteiger partial charge in [0.15, 0.2) is 0 Å². The number of aryl methyl sites for hydroxylation is 1. The molecule has 3 heteroatoms. The monoisotopic (exact) mass is 261 g/mol. The molecule has 106 valence electrons. The van der Waals surface area contributed by atoms with Crippen LogP contribution in [0.1, 0.15) is 56.7 Å². The summed E-state index contributed by atoms with van der Waals surface area (Å²) in [6, 6.07) is 0. The Balaban J connectivity index is 1.77. The molecule has 0 atom stereocenters. The van der Waals surface area contributed by atoms with Crippen LogP contribution in [0.2, 0.25) is 0 Å². The van der Waals surface area contributed by atoms with Crippen LogP contribution in [-0.4, -0.2) is 16.1 Å². The first-order valence-electron chi connectivity index (χ1n) is 8.05. The van der Waals surface area contributed by atoms with E-state index in [2.05, 4.69) is 23.7 Å². The zero-order valence-corrected chi connectivity index (χ0v) is 12.4. The van der Waals surface area contributed by atoms with Crippen LogP contribution in [0.15, 0.2) is 0 Å². The molecule has 19 heavy (non-hydrogen) atoms. The number of hydrogen-bond acceptors (Lipinski definition) is 2. The van der Waals surface area contributed by atoms with E-state index in [0.29, 0.717) is 0 Å². The Bertz CT molecular complexity index is 427. The second-order valence-electron chi connectivity index (χ2n) is 6.44. The van der Waals surface area contributed by atoms with Crippen molar-refractivity contribution in [2.45, 2.75) is 65.5 Å². The Morgan fingerprint density at radius 1 is 1.26 bits per heavy atom. The van der Waals surface area contributed by atoms with Gasteiger partial charge in [0.1, 0.15) is 5.82 Å². The molecule has 0 aromatic carbocycles. The lowest BCUT2D eigenvalue weighted by molar-refractivity contribution is 0.261. The molecule has 0 unspecified atom stereocenters. The van der Waals surface area contributed by atoms with Crippen molar-refractivity contribution in [3.05, 3.63) is 17.2 Å². The SMILES string of the molecule is CCc1nc2c(n1CC1CCC(C)CC1)CCNC2. The maximum atomic E-state index is 4.85. The van der Waals surface area contributed by atoms with E-state index in [4.69, 9.17) is 4.98 Å². The predicted molar refractivity (Wildman–Crippen MR) is 78.1 cm³/mol. The molecule has 1 N–H and O–H groups in total. The number of aromatic nitrogens is 2. The van der Waals surface area contributed by atoms with Crippen LogP contribution in [-0.2, 0) is 25.9 Å². The molecule has 0 saturated heterocycles. The van der Waals surface area contributed by atoms with E-state index in [1.165, 1.54) is 49.4 Å². The molecular weight excluding hydrogens is 234 g/mol. The summed E-state index contributed by atoms with van der Waals surface area (Å²) in [7, 11) is 0. The van der Waals surface area contributed by atoms with Gasteiger partial charge in [0, 0.05) is 38.2 Å². The molecule has 3 nitrogen and oxygen atoms in total. The van der Waals surface area contributed by atoms with E-state index >= 15 is 0 Å². The van der Waals surface area contributed by atoms with Gasteiger partial charge in [-0.2, -0.15) is 0 Å². The average Bonchev–Trinajstić information content (AvgIpc) is 2.79. The molecule has 2 aliphatic rings. The van der Waals surface area contributed by atoms with Crippen molar-refractivity contribution in [1.29, 1.82) is 0 Å². The van der Waals surface area contributed by atoms with Crippen molar-refractivity contribution in [1.82, 2.24) is 14.9 Å². The predicted octanol–water partition coefficient (Wildman–Crippen LogP) is 2.92. The fourth-order valence-corrected chi connectivity index (χ4v) is 3.68. The molecule has 1 saturated carbocycles. The van der Waals surface area contributed by atoms with Crippen molar-refractivity contribution in [3.63, 3.8) is 0 Å². The van der Waals surface area contributed by atoms with Crippen molar-refractivity contribution in [2.75, 3.05) is 6.54 Å². The van der Waals surface area contributed by atoms with Gasteiger partial charge in [-0.1, -0.05) is 26.7 Å². The summed E-state index contributed by atoms with van der Waals surface area (Å²) in [4.78, 5) is 4.85. The van der Waals surface area contributed by atoms with Crippen molar-refractivity contribution in [3.8, 4) is 0 Å².